The second kappa shape index (κ2) is 9.36. The third-order valence-corrected chi connectivity index (χ3v) is 3.69. The van der Waals surface area contributed by atoms with Gasteiger partial charge in [0.1, 0.15) is 0 Å². The van der Waals surface area contributed by atoms with Crippen molar-refractivity contribution in [2.24, 2.45) is 0 Å². The molecule has 0 saturated heterocycles. The fourth-order valence-electron chi connectivity index (χ4n) is 2.21. The molecule has 0 fully saturated rings. The summed E-state index contributed by atoms with van der Waals surface area (Å²) in [6.45, 7) is 1.44. The quantitative estimate of drug-likeness (QED) is 0.773. The molecule has 0 saturated carbocycles. The smallest absolute Gasteiger partial charge is 0.310 e. The van der Waals surface area contributed by atoms with Gasteiger partial charge in [-0.1, -0.05) is 48.0 Å². The number of carbonyl (C=O) groups is 3. The van der Waals surface area contributed by atoms with Crippen LogP contribution in [-0.4, -0.2) is 42.9 Å². The van der Waals surface area contributed by atoms with Crippen LogP contribution < -0.4 is 5.32 Å². The molecule has 1 N–H and O–H groups in total. The molecule has 0 spiro atoms. The van der Waals surface area contributed by atoms with E-state index in [9.17, 15) is 14.4 Å². The molecule has 0 unspecified atom stereocenters. The second-order valence-corrected chi connectivity index (χ2v) is 5.99. The lowest BCUT2D eigenvalue weighted by Crippen LogP contribution is -2.37. The van der Waals surface area contributed by atoms with Gasteiger partial charge in [-0.3, -0.25) is 14.4 Å². The molecule has 26 heavy (non-hydrogen) atoms. The van der Waals surface area contributed by atoms with Crippen molar-refractivity contribution >= 4 is 23.5 Å². The fourth-order valence-corrected chi connectivity index (χ4v) is 2.21. The van der Waals surface area contributed by atoms with Crippen LogP contribution in [0.2, 0.25) is 0 Å². The fraction of sp³-hybridized carbons (Fsp3) is 0.250. The summed E-state index contributed by atoms with van der Waals surface area (Å²) >= 11 is 0. The number of benzene rings is 2. The number of nitrogens with one attached hydrogen (secondary N) is 1. The zero-order chi connectivity index (χ0) is 18.9. The maximum absolute atomic E-state index is 12.0. The Morgan fingerprint density at radius 1 is 1.00 bits per heavy atom. The molecular formula is C20H22N2O4. The topological polar surface area (TPSA) is 75.7 Å². The van der Waals surface area contributed by atoms with E-state index in [0.717, 1.165) is 11.1 Å². The van der Waals surface area contributed by atoms with Gasteiger partial charge in [-0.05, 0) is 24.6 Å². The van der Waals surface area contributed by atoms with Crippen molar-refractivity contribution in [2.45, 2.75) is 13.3 Å². The molecule has 0 bridgehead atoms. The van der Waals surface area contributed by atoms with Crippen molar-refractivity contribution in [3.05, 3.63) is 65.7 Å². The number of esters is 1. The third-order valence-electron chi connectivity index (χ3n) is 3.69. The highest BCUT2D eigenvalue weighted by Gasteiger charge is 2.15. The molecule has 2 aromatic carbocycles. The second-order valence-electron chi connectivity index (χ2n) is 5.99. The first-order valence-electron chi connectivity index (χ1n) is 8.24. The lowest BCUT2D eigenvalue weighted by atomic mass is 10.2. The standard InChI is InChI=1S/C20H22N2O4/c1-15-8-10-17(11-9-15)21-18(23)13-22(2)19(24)14-26-20(25)12-16-6-4-3-5-7-16/h3-11H,12-14H2,1-2H3,(H,21,23). The largest absolute Gasteiger partial charge is 0.455 e. The number of ether oxygens (including phenoxy) is 1. The van der Waals surface area contributed by atoms with Gasteiger partial charge in [0.15, 0.2) is 6.61 Å². The number of hydrogen-bond acceptors (Lipinski definition) is 4. The number of amides is 2. The van der Waals surface area contributed by atoms with Crippen LogP contribution >= 0.6 is 0 Å². The summed E-state index contributed by atoms with van der Waals surface area (Å²) < 4.78 is 4.98. The minimum atomic E-state index is -0.484. The van der Waals surface area contributed by atoms with Crippen LogP contribution in [0, 0.1) is 6.92 Å². The Labute approximate surface area is 152 Å². The monoisotopic (exact) mass is 354 g/mol. The molecule has 2 rings (SSSR count). The summed E-state index contributed by atoms with van der Waals surface area (Å²) in [6.07, 6.45) is 0.103. The molecular weight excluding hydrogens is 332 g/mol. The summed E-state index contributed by atoms with van der Waals surface area (Å²) in [6, 6.07) is 16.5. The number of nitrogens with zero attached hydrogens (tertiary/aromatic N) is 1. The molecule has 0 aromatic heterocycles. The van der Waals surface area contributed by atoms with Crippen molar-refractivity contribution in [1.82, 2.24) is 4.90 Å². The highest BCUT2D eigenvalue weighted by Crippen LogP contribution is 2.08. The molecule has 0 heterocycles. The summed E-state index contributed by atoms with van der Waals surface area (Å²) in [5.74, 6) is -1.24. The molecule has 2 aromatic rings. The highest BCUT2D eigenvalue weighted by atomic mass is 16.5. The van der Waals surface area contributed by atoms with Crippen LogP contribution in [0.5, 0.6) is 0 Å². The van der Waals surface area contributed by atoms with Gasteiger partial charge >= 0.3 is 5.97 Å². The van der Waals surface area contributed by atoms with Crippen LogP contribution in [0.1, 0.15) is 11.1 Å². The molecule has 0 radical (unpaired) electrons. The van der Waals surface area contributed by atoms with E-state index < -0.39 is 11.9 Å². The van der Waals surface area contributed by atoms with Crippen LogP contribution in [-0.2, 0) is 25.5 Å². The summed E-state index contributed by atoms with van der Waals surface area (Å²) in [7, 11) is 1.49. The number of likely N-dealkylation sites (N-methyl/N-ethyl adjacent to an activating group) is 1. The van der Waals surface area contributed by atoms with E-state index in [-0.39, 0.29) is 25.5 Å². The third kappa shape index (κ3) is 6.39. The van der Waals surface area contributed by atoms with Crippen molar-refractivity contribution in [3.63, 3.8) is 0 Å². The SMILES string of the molecule is Cc1ccc(NC(=O)CN(C)C(=O)COC(=O)Cc2ccccc2)cc1. The molecule has 2 amide bonds. The number of aryl methyl sites for hydroxylation is 1. The van der Waals surface area contributed by atoms with Gasteiger partial charge in [0.25, 0.3) is 5.91 Å². The molecule has 0 aliphatic rings. The normalized spacial score (nSPS) is 10.1. The number of rotatable bonds is 7. The molecule has 6 nitrogen and oxygen atoms in total. The van der Waals surface area contributed by atoms with Gasteiger partial charge in [-0.2, -0.15) is 0 Å². The predicted molar refractivity (Wildman–Crippen MR) is 98.6 cm³/mol. The lowest BCUT2D eigenvalue weighted by molar-refractivity contribution is -0.151. The highest BCUT2D eigenvalue weighted by molar-refractivity contribution is 5.94. The Balaban J connectivity index is 1.73. The Morgan fingerprint density at radius 3 is 2.31 bits per heavy atom. The van der Waals surface area contributed by atoms with E-state index in [4.69, 9.17) is 4.74 Å². The Bertz CT molecular complexity index is 757. The van der Waals surface area contributed by atoms with Crippen molar-refractivity contribution < 1.29 is 19.1 Å². The van der Waals surface area contributed by atoms with E-state index in [2.05, 4.69) is 5.32 Å². The van der Waals surface area contributed by atoms with Crippen LogP contribution in [0.4, 0.5) is 5.69 Å². The Kier molecular flexibility index (Phi) is 6.91. The van der Waals surface area contributed by atoms with Gasteiger partial charge in [0, 0.05) is 12.7 Å². The lowest BCUT2D eigenvalue weighted by Gasteiger charge is -2.17. The minimum Gasteiger partial charge on any atom is -0.455 e. The van der Waals surface area contributed by atoms with Crippen molar-refractivity contribution in [3.8, 4) is 0 Å². The van der Waals surface area contributed by atoms with E-state index in [0.29, 0.717) is 5.69 Å². The first kappa shape index (κ1) is 19.2. The average molecular weight is 354 g/mol. The van der Waals surface area contributed by atoms with Gasteiger partial charge < -0.3 is 15.0 Å². The van der Waals surface area contributed by atoms with E-state index in [1.54, 1.807) is 12.1 Å². The van der Waals surface area contributed by atoms with Crippen molar-refractivity contribution in [2.75, 3.05) is 25.5 Å². The van der Waals surface area contributed by atoms with E-state index in [1.165, 1.54) is 11.9 Å². The number of carbonyl (C=O) groups excluding carboxylic acids is 3. The first-order chi connectivity index (χ1) is 12.4. The van der Waals surface area contributed by atoms with Gasteiger partial charge in [0.05, 0.1) is 13.0 Å². The maximum Gasteiger partial charge on any atom is 0.310 e. The maximum atomic E-state index is 12.0. The molecule has 136 valence electrons. The number of anilines is 1. The zero-order valence-electron chi connectivity index (χ0n) is 14.9. The predicted octanol–water partition coefficient (Wildman–Crippen LogP) is 2.18. The Morgan fingerprint density at radius 2 is 1.65 bits per heavy atom. The molecule has 0 aliphatic carbocycles. The molecule has 6 heteroatoms. The van der Waals surface area contributed by atoms with Gasteiger partial charge in [0.2, 0.25) is 5.91 Å². The molecule has 0 aliphatic heterocycles. The average Bonchev–Trinajstić information content (AvgIpc) is 2.62. The summed E-state index contributed by atoms with van der Waals surface area (Å²) in [4.78, 5) is 37.0. The van der Waals surface area contributed by atoms with Crippen LogP contribution in [0.15, 0.2) is 54.6 Å². The summed E-state index contributed by atoms with van der Waals surface area (Å²) in [5, 5.41) is 2.71. The van der Waals surface area contributed by atoms with Crippen LogP contribution in [0.25, 0.3) is 0 Å². The van der Waals surface area contributed by atoms with E-state index >= 15 is 0 Å². The number of hydrogen-bond donors (Lipinski definition) is 1. The minimum absolute atomic E-state index is 0.103. The zero-order valence-corrected chi connectivity index (χ0v) is 14.9. The Hall–Kier alpha value is -3.15. The van der Waals surface area contributed by atoms with Gasteiger partial charge in [-0.25, -0.2) is 0 Å². The molecule has 0 atom stereocenters. The van der Waals surface area contributed by atoms with Crippen molar-refractivity contribution in [1.29, 1.82) is 0 Å². The first-order valence-corrected chi connectivity index (χ1v) is 8.24. The summed E-state index contributed by atoms with van der Waals surface area (Å²) in [5.41, 5.74) is 2.57. The van der Waals surface area contributed by atoms with Crippen LogP contribution in [0.3, 0.4) is 0 Å². The van der Waals surface area contributed by atoms with E-state index in [1.807, 2.05) is 49.4 Å². The van der Waals surface area contributed by atoms with Gasteiger partial charge in [-0.15, -0.1) is 0 Å².